The Morgan fingerprint density at radius 3 is 2.56 bits per heavy atom. The molecule has 1 rings (SSSR count). The number of aliphatic carboxylic acids is 1. The third-order valence-corrected chi connectivity index (χ3v) is 3.85. The van der Waals surface area contributed by atoms with E-state index in [1.807, 2.05) is 11.4 Å². The van der Waals surface area contributed by atoms with E-state index in [4.69, 9.17) is 5.73 Å². The van der Waals surface area contributed by atoms with E-state index in [1.54, 1.807) is 13.0 Å². The largest absolute Gasteiger partial charge is 0.480 e. The molecular weight excluding hydrogens is 252 g/mol. The molecule has 0 spiro atoms. The van der Waals surface area contributed by atoms with Gasteiger partial charge in [0.15, 0.2) is 0 Å². The fourth-order valence-corrected chi connectivity index (χ4v) is 2.42. The molecule has 0 aliphatic heterocycles. The maximum atomic E-state index is 12.3. The summed E-state index contributed by atoms with van der Waals surface area (Å²) in [4.78, 5) is 25.5. The minimum absolute atomic E-state index is 0.303. The van der Waals surface area contributed by atoms with E-state index in [1.165, 1.54) is 30.1 Å². The first kappa shape index (κ1) is 14.7. The first-order chi connectivity index (χ1) is 8.32. The van der Waals surface area contributed by atoms with Gasteiger partial charge in [-0.05, 0) is 32.2 Å². The molecule has 0 radical (unpaired) electrons. The lowest BCUT2D eigenvalue weighted by Crippen LogP contribution is -2.55. The summed E-state index contributed by atoms with van der Waals surface area (Å²) in [6.07, 6.45) is 0. The van der Waals surface area contributed by atoms with Crippen LogP contribution in [0.1, 0.15) is 31.7 Å². The van der Waals surface area contributed by atoms with Crippen molar-refractivity contribution < 1.29 is 14.7 Å². The highest BCUT2D eigenvalue weighted by Crippen LogP contribution is 2.23. The number of carbonyl (C=O) groups is 2. The lowest BCUT2D eigenvalue weighted by Gasteiger charge is -2.35. The smallest absolute Gasteiger partial charge is 0.329 e. The molecular formula is C12H18N2O3S. The van der Waals surface area contributed by atoms with Crippen molar-refractivity contribution in [1.82, 2.24) is 4.90 Å². The maximum Gasteiger partial charge on any atom is 0.329 e. The Hall–Kier alpha value is -1.40. The van der Waals surface area contributed by atoms with Gasteiger partial charge in [-0.2, -0.15) is 0 Å². The van der Waals surface area contributed by atoms with E-state index >= 15 is 0 Å². The van der Waals surface area contributed by atoms with Crippen molar-refractivity contribution in [3.05, 3.63) is 22.4 Å². The molecule has 18 heavy (non-hydrogen) atoms. The minimum atomic E-state index is -1.26. The van der Waals surface area contributed by atoms with Crippen molar-refractivity contribution in [1.29, 1.82) is 0 Å². The van der Waals surface area contributed by atoms with Gasteiger partial charge in [0.25, 0.3) is 0 Å². The van der Waals surface area contributed by atoms with E-state index in [2.05, 4.69) is 0 Å². The van der Waals surface area contributed by atoms with Crippen LogP contribution in [0.2, 0.25) is 0 Å². The third kappa shape index (κ3) is 2.70. The molecule has 0 saturated carbocycles. The molecule has 1 amide bonds. The van der Waals surface area contributed by atoms with Crippen LogP contribution in [0, 0.1) is 0 Å². The van der Waals surface area contributed by atoms with Crippen LogP contribution in [0.5, 0.6) is 0 Å². The second-order valence-electron chi connectivity index (χ2n) is 4.44. The summed E-state index contributed by atoms with van der Waals surface area (Å²) in [6, 6.07) is 2.78. The zero-order valence-corrected chi connectivity index (χ0v) is 11.5. The van der Waals surface area contributed by atoms with Crippen molar-refractivity contribution in [2.75, 3.05) is 6.54 Å². The number of likely N-dealkylation sites (N-methyl/N-ethyl adjacent to an activating group) is 1. The normalized spacial score (nSPS) is 13.1. The van der Waals surface area contributed by atoms with E-state index in [0.29, 0.717) is 6.54 Å². The molecule has 0 aromatic carbocycles. The molecule has 0 aliphatic carbocycles. The summed E-state index contributed by atoms with van der Waals surface area (Å²) in [5.74, 6) is -1.41. The zero-order chi connectivity index (χ0) is 13.9. The van der Waals surface area contributed by atoms with Crippen LogP contribution >= 0.6 is 11.3 Å². The molecule has 1 aromatic heterocycles. The van der Waals surface area contributed by atoms with Crippen LogP contribution in [0.15, 0.2) is 17.5 Å². The lowest BCUT2D eigenvalue weighted by atomic mass is 10.0. The summed E-state index contributed by atoms with van der Waals surface area (Å²) in [7, 11) is 0. The number of carbonyl (C=O) groups excluding carboxylic acids is 1. The van der Waals surface area contributed by atoms with Gasteiger partial charge in [-0.15, -0.1) is 11.3 Å². The minimum Gasteiger partial charge on any atom is -0.480 e. The molecule has 5 nitrogen and oxygen atoms in total. The Morgan fingerprint density at radius 1 is 1.56 bits per heavy atom. The Bertz CT molecular complexity index is 429. The summed E-state index contributed by atoms with van der Waals surface area (Å²) in [5, 5.41) is 11.0. The van der Waals surface area contributed by atoms with Gasteiger partial charge in [-0.3, -0.25) is 4.79 Å². The molecule has 3 N–H and O–H groups in total. The quantitative estimate of drug-likeness (QED) is 0.848. The topological polar surface area (TPSA) is 83.6 Å². The summed E-state index contributed by atoms with van der Waals surface area (Å²) >= 11 is 1.39. The average Bonchev–Trinajstić information content (AvgIpc) is 2.81. The SMILES string of the molecule is CCN(C(=O)C(N)c1cccs1)C(C)(C)C(=O)O. The number of hydrogen-bond acceptors (Lipinski definition) is 4. The Balaban J connectivity index is 2.96. The number of carboxylic acid groups (broad SMARTS) is 1. The van der Waals surface area contributed by atoms with Gasteiger partial charge in [0.1, 0.15) is 11.6 Å². The fraction of sp³-hybridized carbons (Fsp3) is 0.500. The summed E-state index contributed by atoms with van der Waals surface area (Å²) in [5.41, 5.74) is 4.62. The molecule has 0 fully saturated rings. The van der Waals surface area contributed by atoms with Crippen LogP contribution in [-0.2, 0) is 9.59 Å². The van der Waals surface area contributed by atoms with Crippen molar-refractivity contribution in [3.63, 3.8) is 0 Å². The highest BCUT2D eigenvalue weighted by Gasteiger charge is 2.39. The van der Waals surface area contributed by atoms with Gasteiger partial charge in [-0.1, -0.05) is 6.07 Å². The first-order valence-corrected chi connectivity index (χ1v) is 6.54. The van der Waals surface area contributed by atoms with Crippen LogP contribution in [-0.4, -0.2) is 34.0 Å². The number of thiophene rings is 1. The van der Waals surface area contributed by atoms with Crippen molar-refractivity contribution in [2.24, 2.45) is 5.73 Å². The van der Waals surface area contributed by atoms with E-state index in [0.717, 1.165) is 4.88 Å². The predicted octanol–water partition coefficient (Wildman–Crippen LogP) is 1.46. The predicted molar refractivity (Wildman–Crippen MR) is 70.3 cm³/mol. The third-order valence-electron chi connectivity index (χ3n) is 2.90. The van der Waals surface area contributed by atoms with E-state index in [9.17, 15) is 14.7 Å². The monoisotopic (exact) mass is 270 g/mol. The summed E-state index contributed by atoms with van der Waals surface area (Å²) < 4.78 is 0. The second kappa shape index (κ2) is 5.49. The lowest BCUT2D eigenvalue weighted by molar-refractivity contribution is -0.157. The fourth-order valence-electron chi connectivity index (χ4n) is 1.70. The van der Waals surface area contributed by atoms with Crippen molar-refractivity contribution in [3.8, 4) is 0 Å². The number of nitrogens with zero attached hydrogens (tertiary/aromatic N) is 1. The van der Waals surface area contributed by atoms with Crippen LogP contribution < -0.4 is 5.73 Å². The maximum absolute atomic E-state index is 12.3. The van der Waals surface area contributed by atoms with Gasteiger partial charge >= 0.3 is 5.97 Å². The average molecular weight is 270 g/mol. The van der Waals surface area contributed by atoms with E-state index in [-0.39, 0.29) is 5.91 Å². The number of rotatable bonds is 5. The Morgan fingerprint density at radius 2 is 2.17 bits per heavy atom. The van der Waals surface area contributed by atoms with Crippen molar-refractivity contribution in [2.45, 2.75) is 32.4 Å². The number of hydrogen-bond donors (Lipinski definition) is 2. The Kier molecular flexibility index (Phi) is 4.48. The van der Waals surface area contributed by atoms with Gasteiger partial charge in [-0.25, -0.2) is 4.79 Å². The highest BCUT2D eigenvalue weighted by atomic mass is 32.1. The van der Waals surface area contributed by atoms with Crippen molar-refractivity contribution >= 4 is 23.2 Å². The number of carboxylic acids is 1. The van der Waals surface area contributed by atoms with Gasteiger partial charge in [0.05, 0.1) is 0 Å². The molecule has 1 aromatic rings. The molecule has 0 aliphatic rings. The summed E-state index contributed by atoms with van der Waals surface area (Å²) in [6.45, 7) is 5.04. The van der Waals surface area contributed by atoms with E-state index < -0.39 is 17.6 Å². The van der Waals surface area contributed by atoms with Crippen LogP contribution in [0.3, 0.4) is 0 Å². The molecule has 0 saturated heterocycles. The number of amides is 1. The zero-order valence-electron chi connectivity index (χ0n) is 10.7. The number of nitrogens with two attached hydrogens (primary N) is 1. The second-order valence-corrected chi connectivity index (χ2v) is 5.42. The molecule has 100 valence electrons. The molecule has 1 atom stereocenters. The van der Waals surface area contributed by atoms with Gasteiger partial charge < -0.3 is 15.7 Å². The van der Waals surface area contributed by atoms with Crippen LogP contribution in [0.4, 0.5) is 0 Å². The molecule has 1 unspecified atom stereocenters. The molecule has 6 heteroatoms. The van der Waals surface area contributed by atoms with Gasteiger partial charge in [0, 0.05) is 11.4 Å². The molecule has 0 bridgehead atoms. The van der Waals surface area contributed by atoms with Crippen LogP contribution in [0.25, 0.3) is 0 Å². The first-order valence-electron chi connectivity index (χ1n) is 5.66. The van der Waals surface area contributed by atoms with Gasteiger partial charge in [0.2, 0.25) is 5.91 Å². The Labute approximate surface area is 110 Å². The highest BCUT2D eigenvalue weighted by molar-refractivity contribution is 7.10. The standard InChI is InChI=1S/C12H18N2O3S/c1-4-14(12(2,3)11(16)17)10(15)9(13)8-6-5-7-18-8/h5-7,9H,4,13H2,1-3H3,(H,16,17). The molecule has 1 heterocycles.